The first-order valence-electron chi connectivity index (χ1n) is 4.47. The predicted octanol–water partition coefficient (Wildman–Crippen LogP) is 0.425. The lowest BCUT2D eigenvalue weighted by molar-refractivity contribution is -0.135. The zero-order valence-corrected chi connectivity index (χ0v) is 8.50. The van der Waals surface area contributed by atoms with Gasteiger partial charge in [-0.25, -0.2) is 9.97 Å². The first-order valence-corrected chi connectivity index (χ1v) is 4.47. The predicted molar refractivity (Wildman–Crippen MR) is 56.8 cm³/mol. The second kappa shape index (κ2) is 5.46. The lowest BCUT2D eigenvalue weighted by Gasteiger charge is -2.18. The van der Waals surface area contributed by atoms with E-state index in [4.69, 9.17) is 10.4 Å². The van der Waals surface area contributed by atoms with E-state index in [1.807, 2.05) is 6.07 Å². The van der Waals surface area contributed by atoms with E-state index >= 15 is 0 Å². The Morgan fingerprint density at radius 3 is 2.81 bits per heavy atom. The summed E-state index contributed by atoms with van der Waals surface area (Å²) in [5.74, 6) is -0.561. The number of aromatic nitrogens is 2. The standard InChI is InChI=1S/C10H10N4O2/c1-2-3-14(7-10(15)16)9-6-12-8(4-11)5-13-9/h2,5-6H,1,3,7H2,(H,15,16). The van der Waals surface area contributed by atoms with Crippen LogP contribution in [0, 0.1) is 11.3 Å². The smallest absolute Gasteiger partial charge is 0.323 e. The van der Waals surface area contributed by atoms with Crippen LogP contribution in [-0.2, 0) is 4.79 Å². The van der Waals surface area contributed by atoms with E-state index in [1.54, 1.807) is 6.08 Å². The highest BCUT2D eigenvalue weighted by molar-refractivity contribution is 5.73. The zero-order chi connectivity index (χ0) is 12.0. The summed E-state index contributed by atoms with van der Waals surface area (Å²) in [6.45, 7) is 3.70. The summed E-state index contributed by atoms with van der Waals surface area (Å²) in [6.07, 6.45) is 4.24. The molecule has 1 N–H and O–H groups in total. The van der Waals surface area contributed by atoms with Crippen molar-refractivity contribution in [2.75, 3.05) is 18.0 Å². The van der Waals surface area contributed by atoms with Crippen LogP contribution in [-0.4, -0.2) is 34.1 Å². The van der Waals surface area contributed by atoms with Crippen LogP contribution in [0.2, 0.25) is 0 Å². The maximum atomic E-state index is 10.6. The molecule has 0 aliphatic carbocycles. The normalized spacial score (nSPS) is 9.19. The van der Waals surface area contributed by atoms with Gasteiger partial charge >= 0.3 is 5.97 Å². The largest absolute Gasteiger partial charge is 0.480 e. The van der Waals surface area contributed by atoms with E-state index in [0.717, 1.165) is 0 Å². The summed E-state index contributed by atoms with van der Waals surface area (Å²) in [5, 5.41) is 17.2. The van der Waals surface area contributed by atoms with Gasteiger partial charge in [0.25, 0.3) is 0 Å². The van der Waals surface area contributed by atoms with E-state index in [0.29, 0.717) is 12.4 Å². The number of hydrogen-bond donors (Lipinski definition) is 1. The van der Waals surface area contributed by atoms with Crippen molar-refractivity contribution in [3.8, 4) is 6.07 Å². The maximum absolute atomic E-state index is 10.6. The lowest BCUT2D eigenvalue weighted by Crippen LogP contribution is -2.30. The van der Waals surface area contributed by atoms with Gasteiger partial charge in [0, 0.05) is 6.54 Å². The van der Waals surface area contributed by atoms with Crippen LogP contribution >= 0.6 is 0 Å². The zero-order valence-electron chi connectivity index (χ0n) is 8.50. The molecule has 82 valence electrons. The fourth-order valence-corrected chi connectivity index (χ4v) is 1.10. The van der Waals surface area contributed by atoms with Gasteiger partial charge in [0.05, 0.1) is 12.4 Å². The number of carbonyl (C=O) groups is 1. The summed E-state index contributed by atoms with van der Waals surface area (Å²) < 4.78 is 0. The van der Waals surface area contributed by atoms with Gasteiger partial charge in [0.1, 0.15) is 18.4 Å². The van der Waals surface area contributed by atoms with Crippen molar-refractivity contribution in [1.29, 1.82) is 5.26 Å². The van der Waals surface area contributed by atoms with Gasteiger partial charge < -0.3 is 10.0 Å². The Labute approximate surface area is 92.5 Å². The Balaban J connectivity index is 2.88. The van der Waals surface area contributed by atoms with Crippen molar-refractivity contribution in [2.45, 2.75) is 0 Å². The number of aliphatic carboxylic acids is 1. The molecular weight excluding hydrogens is 208 g/mol. The molecule has 0 saturated heterocycles. The molecule has 0 aliphatic heterocycles. The minimum absolute atomic E-state index is 0.188. The third-order valence-corrected chi connectivity index (χ3v) is 1.75. The first kappa shape index (κ1) is 11.7. The van der Waals surface area contributed by atoms with Gasteiger partial charge in [0.2, 0.25) is 0 Å². The van der Waals surface area contributed by atoms with Gasteiger partial charge in [0.15, 0.2) is 5.69 Å². The van der Waals surface area contributed by atoms with Crippen LogP contribution in [0.5, 0.6) is 0 Å². The third kappa shape index (κ3) is 3.06. The molecule has 0 spiro atoms. The number of carboxylic acids is 1. The Kier molecular flexibility index (Phi) is 3.98. The van der Waals surface area contributed by atoms with Crippen LogP contribution in [0.3, 0.4) is 0 Å². The SMILES string of the molecule is C=CCN(CC(=O)O)c1cnc(C#N)cn1. The number of nitriles is 1. The quantitative estimate of drug-likeness (QED) is 0.720. The number of carboxylic acid groups (broad SMARTS) is 1. The fourth-order valence-electron chi connectivity index (χ4n) is 1.10. The summed E-state index contributed by atoms with van der Waals surface area (Å²) in [7, 11) is 0. The van der Waals surface area contributed by atoms with Crippen molar-refractivity contribution in [2.24, 2.45) is 0 Å². The second-order valence-corrected chi connectivity index (χ2v) is 2.93. The Morgan fingerprint density at radius 1 is 1.62 bits per heavy atom. The molecule has 16 heavy (non-hydrogen) atoms. The van der Waals surface area contributed by atoms with E-state index in [1.165, 1.54) is 17.3 Å². The first-order chi connectivity index (χ1) is 7.67. The highest BCUT2D eigenvalue weighted by Gasteiger charge is 2.10. The summed E-state index contributed by atoms with van der Waals surface area (Å²) >= 11 is 0. The number of anilines is 1. The topological polar surface area (TPSA) is 90.1 Å². The Bertz CT molecular complexity index is 421. The van der Waals surface area contributed by atoms with Gasteiger partial charge in [-0.1, -0.05) is 6.08 Å². The van der Waals surface area contributed by atoms with Crippen molar-refractivity contribution >= 4 is 11.8 Å². The molecule has 1 rings (SSSR count). The summed E-state index contributed by atoms with van der Waals surface area (Å²) in [6, 6.07) is 1.84. The van der Waals surface area contributed by atoms with Crippen LogP contribution in [0.1, 0.15) is 5.69 Å². The molecule has 0 unspecified atom stereocenters. The van der Waals surface area contributed by atoms with Gasteiger partial charge in [-0.2, -0.15) is 5.26 Å². The average molecular weight is 218 g/mol. The molecule has 0 saturated carbocycles. The minimum atomic E-state index is -0.965. The van der Waals surface area contributed by atoms with Crippen LogP contribution in [0.25, 0.3) is 0 Å². The van der Waals surface area contributed by atoms with Crippen molar-refractivity contribution in [1.82, 2.24) is 9.97 Å². The highest BCUT2D eigenvalue weighted by atomic mass is 16.4. The molecule has 6 heteroatoms. The molecule has 0 bridgehead atoms. The Hall–Kier alpha value is -2.42. The number of rotatable bonds is 5. The molecule has 1 heterocycles. The van der Waals surface area contributed by atoms with E-state index in [2.05, 4.69) is 16.5 Å². The van der Waals surface area contributed by atoms with Crippen molar-refractivity contribution < 1.29 is 9.90 Å². The highest BCUT2D eigenvalue weighted by Crippen LogP contribution is 2.08. The van der Waals surface area contributed by atoms with Gasteiger partial charge in [-0.3, -0.25) is 4.79 Å². The molecule has 1 aromatic rings. The molecule has 0 aliphatic rings. The minimum Gasteiger partial charge on any atom is -0.480 e. The number of hydrogen-bond acceptors (Lipinski definition) is 5. The van der Waals surface area contributed by atoms with E-state index < -0.39 is 5.97 Å². The molecule has 0 radical (unpaired) electrons. The molecule has 0 amide bonds. The van der Waals surface area contributed by atoms with E-state index in [9.17, 15) is 4.79 Å². The lowest BCUT2D eigenvalue weighted by atomic mass is 10.4. The molecule has 0 atom stereocenters. The second-order valence-electron chi connectivity index (χ2n) is 2.93. The van der Waals surface area contributed by atoms with Crippen LogP contribution in [0.15, 0.2) is 25.0 Å². The fraction of sp³-hybridized carbons (Fsp3) is 0.200. The maximum Gasteiger partial charge on any atom is 0.323 e. The van der Waals surface area contributed by atoms with Crippen molar-refractivity contribution in [3.05, 3.63) is 30.7 Å². The summed E-state index contributed by atoms with van der Waals surface area (Å²) in [5.41, 5.74) is 0.192. The number of nitrogens with zero attached hydrogens (tertiary/aromatic N) is 4. The molecule has 0 fully saturated rings. The van der Waals surface area contributed by atoms with Crippen LogP contribution < -0.4 is 4.90 Å². The monoisotopic (exact) mass is 218 g/mol. The van der Waals surface area contributed by atoms with Crippen LogP contribution in [0.4, 0.5) is 5.82 Å². The molecule has 6 nitrogen and oxygen atoms in total. The third-order valence-electron chi connectivity index (χ3n) is 1.75. The van der Waals surface area contributed by atoms with E-state index in [-0.39, 0.29) is 12.2 Å². The average Bonchev–Trinajstić information content (AvgIpc) is 2.28. The Morgan fingerprint density at radius 2 is 2.38 bits per heavy atom. The molecule has 0 aromatic carbocycles. The van der Waals surface area contributed by atoms with Gasteiger partial charge in [-0.15, -0.1) is 6.58 Å². The van der Waals surface area contributed by atoms with Gasteiger partial charge in [-0.05, 0) is 0 Å². The molecule has 1 aromatic heterocycles. The van der Waals surface area contributed by atoms with Crippen molar-refractivity contribution in [3.63, 3.8) is 0 Å². The molecular formula is C10H10N4O2. The summed E-state index contributed by atoms with van der Waals surface area (Å²) in [4.78, 5) is 19.9.